The molecule has 0 amide bonds. The van der Waals surface area contributed by atoms with Gasteiger partial charge in [0.05, 0.1) is 4.90 Å². The Balaban J connectivity index is 2.92. The number of H-pyrrole nitrogens is 1. The van der Waals surface area contributed by atoms with Gasteiger partial charge in [-0.15, -0.1) is 0 Å². The van der Waals surface area contributed by atoms with E-state index in [0.717, 1.165) is 12.1 Å². The Morgan fingerprint density at radius 2 is 2.25 bits per heavy atom. The smallest absolute Gasteiger partial charge is 0.177 e. The lowest BCUT2D eigenvalue weighted by Gasteiger charge is -1.89. The normalized spacial score (nSPS) is 11.8. The number of aromatic nitrogens is 1. The lowest BCUT2D eigenvalue weighted by atomic mass is 10.3. The van der Waals surface area contributed by atoms with E-state index in [1.807, 2.05) is 13.3 Å². The van der Waals surface area contributed by atoms with Crippen molar-refractivity contribution in [1.82, 2.24) is 4.98 Å². The third kappa shape index (κ3) is 2.11. The molecule has 0 spiro atoms. The van der Waals surface area contributed by atoms with E-state index in [0.29, 0.717) is 4.90 Å². The standard InChI is InChI=1S/C8H12NO2S/c1-3-4-7-5-8(6-9-7)12(2,10)11/h4-6,9H,3H2,1-2H3. The van der Waals surface area contributed by atoms with Gasteiger partial charge in [0, 0.05) is 24.6 Å². The molecule has 1 rings (SSSR count). The summed E-state index contributed by atoms with van der Waals surface area (Å²) < 4.78 is 22.0. The molecule has 0 aliphatic carbocycles. The summed E-state index contributed by atoms with van der Waals surface area (Å²) in [6, 6.07) is 1.64. The molecule has 3 nitrogen and oxygen atoms in total. The summed E-state index contributed by atoms with van der Waals surface area (Å²) in [5.74, 6) is 0. The molecule has 1 aromatic heterocycles. The summed E-state index contributed by atoms with van der Waals surface area (Å²) in [7, 11) is -3.05. The van der Waals surface area contributed by atoms with Crippen molar-refractivity contribution in [3.8, 4) is 0 Å². The van der Waals surface area contributed by atoms with Crippen LogP contribution in [-0.2, 0) is 9.84 Å². The minimum Gasteiger partial charge on any atom is -0.364 e. The maximum atomic E-state index is 11.0. The largest absolute Gasteiger partial charge is 0.364 e. The van der Waals surface area contributed by atoms with Gasteiger partial charge in [0.2, 0.25) is 0 Å². The average Bonchev–Trinajstić information content (AvgIpc) is 2.35. The summed E-state index contributed by atoms with van der Waals surface area (Å²) in [5.41, 5.74) is 0.859. The van der Waals surface area contributed by atoms with Gasteiger partial charge in [-0.3, -0.25) is 0 Å². The van der Waals surface area contributed by atoms with Crippen molar-refractivity contribution in [2.45, 2.75) is 18.2 Å². The van der Waals surface area contributed by atoms with Gasteiger partial charge in [0.15, 0.2) is 9.84 Å². The molecule has 0 saturated heterocycles. The number of nitrogens with one attached hydrogen (secondary N) is 1. The lowest BCUT2D eigenvalue weighted by molar-refractivity contribution is 0.602. The molecule has 0 atom stereocenters. The molecule has 1 N–H and O–H groups in total. The first-order valence-corrected chi connectivity index (χ1v) is 5.65. The van der Waals surface area contributed by atoms with Gasteiger partial charge >= 0.3 is 0 Å². The summed E-state index contributed by atoms with van der Waals surface area (Å²) in [6.45, 7) is 2.00. The van der Waals surface area contributed by atoms with Crippen LogP contribution in [0.3, 0.4) is 0 Å². The predicted octanol–water partition coefficient (Wildman–Crippen LogP) is 1.38. The van der Waals surface area contributed by atoms with Crippen LogP contribution in [0.1, 0.15) is 19.0 Å². The van der Waals surface area contributed by atoms with E-state index in [1.165, 1.54) is 12.5 Å². The van der Waals surface area contributed by atoms with Crippen molar-refractivity contribution >= 4 is 9.84 Å². The van der Waals surface area contributed by atoms with Gasteiger partial charge in [-0.05, 0) is 12.5 Å². The maximum absolute atomic E-state index is 11.0. The molecule has 12 heavy (non-hydrogen) atoms. The highest BCUT2D eigenvalue weighted by Crippen LogP contribution is 2.12. The first-order valence-electron chi connectivity index (χ1n) is 3.75. The zero-order valence-electron chi connectivity index (χ0n) is 7.16. The minimum absolute atomic E-state index is 0.349. The summed E-state index contributed by atoms with van der Waals surface area (Å²) in [5, 5.41) is 0. The molecule has 0 unspecified atom stereocenters. The van der Waals surface area contributed by atoms with Gasteiger partial charge in [0.25, 0.3) is 0 Å². The van der Waals surface area contributed by atoms with Gasteiger partial charge in [-0.1, -0.05) is 6.92 Å². The molecule has 0 aliphatic rings. The zero-order valence-corrected chi connectivity index (χ0v) is 7.98. The molecule has 0 saturated carbocycles. The molecule has 1 radical (unpaired) electrons. The highest BCUT2D eigenvalue weighted by atomic mass is 32.2. The Morgan fingerprint density at radius 1 is 1.58 bits per heavy atom. The Bertz CT molecular complexity index is 351. The molecule has 0 fully saturated rings. The monoisotopic (exact) mass is 186 g/mol. The van der Waals surface area contributed by atoms with Crippen LogP contribution >= 0.6 is 0 Å². The van der Waals surface area contributed by atoms with Crippen molar-refractivity contribution < 1.29 is 8.42 Å². The second kappa shape index (κ2) is 3.31. The third-order valence-electron chi connectivity index (χ3n) is 1.53. The first kappa shape index (κ1) is 9.32. The SMILES string of the molecule is CC[CH]c1cc(S(C)(=O)=O)c[nH]1. The molecule has 67 valence electrons. The Kier molecular flexibility index (Phi) is 2.57. The quantitative estimate of drug-likeness (QED) is 0.775. The van der Waals surface area contributed by atoms with Crippen LogP contribution in [0.2, 0.25) is 0 Å². The Labute approximate surface area is 72.7 Å². The van der Waals surface area contributed by atoms with Crippen molar-refractivity contribution in [2.24, 2.45) is 0 Å². The minimum atomic E-state index is -3.05. The fraction of sp³-hybridized carbons (Fsp3) is 0.375. The van der Waals surface area contributed by atoms with Crippen LogP contribution in [0.5, 0.6) is 0 Å². The fourth-order valence-corrected chi connectivity index (χ4v) is 1.56. The van der Waals surface area contributed by atoms with Crippen LogP contribution < -0.4 is 0 Å². The van der Waals surface area contributed by atoms with Gasteiger partial charge in [-0.2, -0.15) is 0 Å². The van der Waals surface area contributed by atoms with E-state index >= 15 is 0 Å². The highest BCUT2D eigenvalue weighted by molar-refractivity contribution is 7.90. The van der Waals surface area contributed by atoms with Crippen LogP contribution in [0.4, 0.5) is 0 Å². The van der Waals surface area contributed by atoms with E-state index in [-0.39, 0.29) is 0 Å². The van der Waals surface area contributed by atoms with Crippen molar-refractivity contribution in [3.63, 3.8) is 0 Å². The van der Waals surface area contributed by atoms with Crippen LogP contribution in [0, 0.1) is 6.42 Å². The predicted molar refractivity (Wildman–Crippen MR) is 47.6 cm³/mol. The first-order chi connectivity index (χ1) is 5.54. The topological polar surface area (TPSA) is 49.9 Å². The molecule has 1 aromatic rings. The van der Waals surface area contributed by atoms with Gasteiger partial charge in [-0.25, -0.2) is 8.42 Å². The van der Waals surface area contributed by atoms with E-state index < -0.39 is 9.84 Å². The van der Waals surface area contributed by atoms with E-state index in [2.05, 4.69) is 4.98 Å². The van der Waals surface area contributed by atoms with Crippen molar-refractivity contribution in [1.29, 1.82) is 0 Å². The van der Waals surface area contributed by atoms with Crippen LogP contribution in [-0.4, -0.2) is 19.7 Å². The van der Waals surface area contributed by atoms with Crippen molar-refractivity contribution in [2.75, 3.05) is 6.26 Å². The summed E-state index contributed by atoms with van der Waals surface area (Å²) in [4.78, 5) is 3.23. The summed E-state index contributed by atoms with van der Waals surface area (Å²) in [6.07, 6.45) is 5.54. The Hall–Kier alpha value is -0.770. The molecule has 4 heteroatoms. The van der Waals surface area contributed by atoms with Crippen molar-refractivity contribution in [3.05, 3.63) is 24.4 Å². The average molecular weight is 186 g/mol. The third-order valence-corrected chi connectivity index (χ3v) is 2.62. The number of sulfone groups is 1. The van der Waals surface area contributed by atoms with Crippen LogP contribution in [0.15, 0.2) is 17.2 Å². The van der Waals surface area contributed by atoms with E-state index in [4.69, 9.17) is 0 Å². The number of rotatable bonds is 3. The number of hydrogen-bond donors (Lipinski definition) is 1. The number of aromatic amines is 1. The molecular formula is C8H12NO2S. The molecule has 0 aromatic carbocycles. The fourth-order valence-electron chi connectivity index (χ4n) is 0.943. The molecule has 1 heterocycles. The van der Waals surface area contributed by atoms with E-state index in [1.54, 1.807) is 6.07 Å². The lowest BCUT2D eigenvalue weighted by Crippen LogP contribution is -1.93. The van der Waals surface area contributed by atoms with Crippen LogP contribution in [0.25, 0.3) is 0 Å². The zero-order chi connectivity index (χ0) is 9.19. The van der Waals surface area contributed by atoms with Gasteiger partial charge in [0.1, 0.15) is 0 Å². The summed E-state index contributed by atoms with van der Waals surface area (Å²) >= 11 is 0. The molecule has 0 aliphatic heterocycles. The maximum Gasteiger partial charge on any atom is 0.177 e. The second-order valence-electron chi connectivity index (χ2n) is 2.68. The second-order valence-corrected chi connectivity index (χ2v) is 4.69. The van der Waals surface area contributed by atoms with Gasteiger partial charge < -0.3 is 4.98 Å². The van der Waals surface area contributed by atoms with E-state index in [9.17, 15) is 8.42 Å². The number of hydrogen-bond acceptors (Lipinski definition) is 2. The Morgan fingerprint density at radius 3 is 2.67 bits per heavy atom. The molecular weight excluding hydrogens is 174 g/mol. The highest BCUT2D eigenvalue weighted by Gasteiger charge is 2.08. The molecule has 0 bridgehead atoms.